The molecule has 10 heteroatoms. The number of hydrogen-bond donors (Lipinski definition) is 1. The Bertz CT molecular complexity index is 1000. The van der Waals surface area contributed by atoms with E-state index >= 15 is 0 Å². The lowest BCUT2D eigenvalue weighted by atomic mass is 9.96. The number of aryl methyl sites for hydroxylation is 1. The standard InChI is InChI=1S/C16H10ClF3N4O2/c1-24-7-21-23-14(24)10-3-2-9(16(18,19)20)6-11(10)8-4-12(15(25)26)22-13(17)5-8/h2-7H,1H3,(H,25,26). The van der Waals surface area contributed by atoms with Gasteiger partial charge in [0.25, 0.3) is 0 Å². The Morgan fingerprint density at radius 2 is 1.92 bits per heavy atom. The van der Waals surface area contributed by atoms with Crippen LogP contribution in [0.25, 0.3) is 22.5 Å². The molecule has 134 valence electrons. The molecule has 0 saturated carbocycles. The second-order valence-electron chi connectivity index (χ2n) is 5.39. The van der Waals surface area contributed by atoms with Crippen molar-refractivity contribution in [2.75, 3.05) is 0 Å². The molecule has 0 unspecified atom stereocenters. The first-order valence-corrected chi connectivity index (χ1v) is 7.51. The molecule has 3 aromatic rings. The van der Waals surface area contributed by atoms with Crippen LogP contribution in [0.1, 0.15) is 16.1 Å². The normalized spacial score (nSPS) is 11.6. The molecule has 0 amide bonds. The Kier molecular flexibility index (Phi) is 4.41. The summed E-state index contributed by atoms with van der Waals surface area (Å²) in [5.74, 6) is -1.03. The summed E-state index contributed by atoms with van der Waals surface area (Å²) in [4.78, 5) is 14.9. The van der Waals surface area contributed by atoms with Crippen LogP contribution in [0, 0.1) is 0 Å². The molecule has 0 atom stereocenters. The van der Waals surface area contributed by atoms with Gasteiger partial charge < -0.3 is 9.67 Å². The SMILES string of the molecule is Cn1cnnc1-c1ccc(C(F)(F)F)cc1-c1cc(Cl)nc(C(=O)O)c1. The first-order chi connectivity index (χ1) is 12.2. The van der Waals surface area contributed by atoms with Crippen molar-refractivity contribution < 1.29 is 23.1 Å². The van der Waals surface area contributed by atoms with Gasteiger partial charge >= 0.3 is 12.1 Å². The van der Waals surface area contributed by atoms with Gasteiger partial charge in [0.2, 0.25) is 0 Å². The zero-order valence-electron chi connectivity index (χ0n) is 13.1. The van der Waals surface area contributed by atoms with Crippen LogP contribution in [-0.4, -0.2) is 30.8 Å². The molecular formula is C16H10ClF3N4O2. The number of aromatic nitrogens is 4. The summed E-state index contributed by atoms with van der Waals surface area (Å²) in [7, 11) is 1.64. The van der Waals surface area contributed by atoms with Crippen LogP contribution in [0.15, 0.2) is 36.7 Å². The quantitative estimate of drug-likeness (QED) is 0.694. The van der Waals surface area contributed by atoms with Crippen molar-refractivity contribution in [3.63, 3.8) is 0 Å². The van der Waals surface area contributed by atoms with Crippen LogP contribution in [0.2, 0.25) is 5.15 Å². The van der Waals surface area contributed by atoms with Crippen molar-refractivity contribution in [2.24, 2.45) is 7.05 Å². The van der Waals surface area contributed by atoms with E-state index in [0.717, 1.165) is 18.2 Å². The predicted molar refractivity (Wildman–Crippen MR) is 86.6 cm³/mol. The van der Waals surface area contributed by atoms with Gasteiger partial charge in [-0.25, -0.2) is 9.78 Å². The number of rotatable bonds is 3. The minimum atomic E-state index is -4.57. The highest BCUT2D eigenvalue weighted by molar-refractivity contribution is 6.29. The number of carboxylic acid groups (broad SMARTS) is 1. The summed E-state index contributed by atoms with van der Waals surface area (Å²) in [6.07, 6.45) is -3.17. The third-order valence-electron chi connectivity index (χ3n) is 3.62. The van der Waals surface area contributed by atoms with E-state index in [1.807, 2.05) is 0 Å². The summed E-state index contributed by atoms with van der Waals surface area (Å²) in [5, 5.41) is 16.6. The van der Waals surface area contributed by atoms with Crippen molar-refractivity contribution in [2.45, 2.75) is 6.18 Å². The van der Waals surface area contributed by atoms with Crippen molar-refractivity contribution in [3.05, 3.63) is 53.1 Å². The van der Waals surface area contributed by atoms with E-state index in [-0.39, 0.29) is 22.0 Å². The molecule has 0 aliphatic carbocycles. The number of carboxylic acids is 1. The van der Waals surface area contributed by atoms with E-state index < -0.39 is 17.7 Å². The van der Waals surface area contributed by atoms with Gasteiger partial charge in [0.05, 0.1) is 5.56 Å². The lowest BCUT2D eigenvalue weighted by Gasteiger charge is -2.14. The second-order valence-corrected chi connectivity index (χ2v) is 5.78. The van der Waals surface area contributed by atoms with Crippen LogP contribution < -0.4 is 0 Å². The van der Waals surface area contributed by atoms with Gasteiger partial charge in [-0.05, 0) is 41.5 Å². The summed E-state index contributed by atoms with van der Waals surface area (Å²) in [6, 6.07) is 5.56. The minimum absolute atomic E-state index is 0.114. The van der Waals surface area contributed by atoms with Gasteiger partial charge in [-0.15, -0.1) is 10.2 Å². The highest BCUT2D eigenvalue weighted by atomic mass is 35.5. The first kappa shape index (κ1) is 17.9. The fourth-order valence-corrected chi connectivity index (χ4v) is 2.65. The Morgan fingerprint density at radius 3 is 2.50 bits per heavy atom. The number of pyridine rings is 1. The number of benzene rings is 1. The van der Waals surface area contributed by atoms with Gasteiger partial charge in [0.1, 0.15) is 11.5 Å². The van der Waals surface area contributed by atoms with Crippen molar-refractivity contribution in [3.8, 4) is 22.5 Å². The van der Waals surface area contributed by atoms with E-state index in [4.69, 9.17) is 16.7 Å². The van der Waals surface area contributed by atoms with Crippen LogP contribution >= 0.6 is 11.6 Å². The molecule has 2 aromatic heterocycles. The lowest BCUT2D eigenvalue weighted by Crippen LogP contribution is -2.06. The third kappa shape index (κ3) is 3.38. The van der Waals surface area contributed by atoms with Gasteiger partial charge in [-0.2, -0.15) is 13.2 Å². The molecular weight excluding hydrogens is 373 g/mol. The predicted octanol–water partition coefficient (Wildman–Crippen LogP) is 3.91. The molecule has 6 nitrogen and oxygen atoms in total. The first-order valence-electron chi connectivity index (χ1n) is 7.13. The summed E-state index contributed by atoms with van der Waals surface area (Å²) < 4.78 is 41.0. The van der Waals surface area contributed by atoms with Gasteiger partial charge in [0, 0.05) is 12.6 Å². The molecule has 1 N–H and O–H groups in total. The Morgan fingerprint density at radius 1 is 1.19 bits per heavy atom. The molecule has 0 bridgehead atoms. The second kappa shape index (κ2) is 6.41. The van der Waals surface area contributed by atoms with Crippen molar-refractivity contribution in [1.82, 2.24) is 19.7 Å². The topological polar surface area (TPSA) is 80.9 Å². The highest BCUT2D eigenvalue weighted by Gasteiger charge is 2.31. The number of alkyl halides is 3. The monoisotopic (exact) mass is 382 g/mol. The van der Waals surface area contributed by atoms with Crippen LogP contribution in [-0.2, 0) is 13.2 Å². The molecule has 1 aromatic carbocycles. The highest BCUT2D eigenvalue weighted by Crippen LogP contribution is 2.38. The lowest BCUT2D eigenvalue weighted by molar-refractivity contribution is -0.137. The largest absolute Gasteiger partial charge is 0.477 e. The van der Waals surface area contributed by atoms with E-state index in [0.29, 0.717) is 11.4 Å². The maximum Gasteiger partial charge on any atom is 0.416 e. The molecule has 0 radical (unpaired) electrons. The smallest absolute Gasteiger partial charge is 0.416 e. The van der Waals surface area contributed by atoms with Crippen LogP contribution in [0.3, 0.4) is 0 Å². The zero-order valence-corrected chi connectivity index (χ0v) is 13.9. The maximum absolute atomic E-state index is 13.2. The average Bonchev–Trinajstić information content (AvgIpc) is 2.98. The summed E-state index contributed by atoms with van der Waals surface area (Å²) in [6.45, 7) is 0. The van der Waals surface area contributed by atoms with Crippen molar-refractivity contribution >= 4 is 17.6 Å². The average molecular weight is 383 g/mol. The van der Waals surface area contributed by atoms with E-state index in [2.05, 4.69) is 15.2 Å². The van der Waals surface area contributed by atoms with Crippen LogP contribution in [0.4, 0.5) is 13.2 Å². The molecule has 0 aliphatic rings. The van der Waals surface area contributed by atoms with Crippen molar-refractivity contribution in [1.29, 1.82) is 0 Å². The van der Waals surface area contributed by atoms with Gasteiger partial charge in [-0.1, -0.05) is 11.6 Å². The molecule has 0 fully saturated rings. The third-order valence-corrected chi connectivity index (χ3v) is 3.82. The van der Waals surface area contributed by atoms with Crippen LogP contribution in [0.5, 0.6) is 0 Å². The molecule has 0 saturated heterocycles. The number of halogens is 4. The minimum Gasteiger partial charge on any atom is -0.477 e. The Hall–Kier alpha value is -2.94. The fraction of sp³-hybridized carbons (Fsp3) is 0.125. The summed E-state index contributed by atoms with van der Waals surface area (Å²) >= 11 is 5.85. The van der Waals surface area contributed by atoms with E-state index in [1.165, 1.54) is 23.0 Å². The number of aromatic carboxylic acids is 1. The van der Waals surface area contributed by atoms with Gasteiger partial charge in [0.15, 0.2) is 11.5 Å². The Labute approximate surface area is 149 Å². The Balaban J connectivity index is 2.30. The number of nitrogens with zero attached hydrogens (tertiary/aromatic N) is 4. The van der Waals surface area contributed by atoms with E-state index in [1.54, 1.807) is 7.05 Å². The van der Waals surface area contributed by atoms with E-state index in [9.17, 15) is 18.0 Å². The fourth-order valence-electron chi connectivity index (χ4n) is 2.44. The van der Waals surface area contributed by atoms with Gasteiger partial charge in [-0.3, -0.25) is 0 Å². The molecule has 0 aliphatic heterocycles. The molecule has 3 rings (SSSR count). The number of carbonyl (C=O) groups is 1. The zero-order chi connectivity index (χ0) is 19.1. The maximum atomic E-state index is 13.2. The number of hydrogen-bond acceptors (Lipinski definition) is 4. The molecule has 26 heavy (non-hydrogen) atoms. The summed E-state index contributed by atoms with van der Waals surface area (Å²) in [5.41, 5.74) is -0.636. The molecule has 0 spiro atoms. The molecule has 2 heterocycles.